The van der Waals surface area contributed by atoms with Crippen LogP contribution >= 0.6 is 0 Å². The lowest BCUT2D eigenvalue weighted by Gasteiger charge is -1.80. The molecule has 0 bridgehead atoms. The molecule has 0 aromatic carbocycles. The number of carbonyl (C=O) groups is 2. The van der Waals surface area contributed by atoms with Gasteiger partial charge in [0.25, 0.3) is 0 Å². The first-order valence-corrected chi connectivity index (χ1v) is 3.67. The van der Waals surface area contributed by atoms with Crippen molar-refractivity contribution in [3.63, 3.8) is 0 Å². The minimum Gasteiger partial charge on any atom is -0.469 e. The normalized spacial score (nSPS) is 7.55. The van der Waals surface area contributed by atoms with Crippen molar-refractivity contribution in [2.75, 3.05) is 7.11 Å². The smallest absolute Gasteiger partial charge is 0.302 e. The van der Waals surface area contributed by atoms with Crippen LogP contribution in [0.1, 0.15) is 33.1 Å². The number of ether oxygens (including phenoxy) is 1. The number of rotatable bonds is 3. The van der Waals surface area contributed by atoms with E-state index >= 15 is 0 Å². The van der Waals surface area contributed by atoms with Crippen molar-refractivity contribution in [3.8, 4) is 0 Å². The van der Waals surface area contributed by atoms with Crippen LogP contribution in [0.2, 0.25) is 0 Å². The molecule has 3 heteroatoms. The van der Waals surface area contributed by atoms with Crippen molar-refractivity contribution in [3.05, 3.63) is 0 Å². The summed E-state index contributed by atoms with van der Waals surface area (Å²) < 4.78 is 4.11. The van der Waals surface area contributed by atoms with E-state index in [-0.39, 0.29) is 5.97 Å². The lowest BCUT2D eigenvalue weighted by atomic mass is 10.3. The summed E-state index contributed by atoms with van der Waals surface area (Å²) in [6.07, 6.45) is 3.86. The fraction of sp³-hybridized carbons (Fsp3) is 0.750. The molecule has 0 atom stereocenters. The first kappa shape index (κ1) is 12.8. The van der Waals surface area contributed by atoms with E-state index in [9.17, 15) is 9.59 Å². The fourth-order valence-electron chi connectivity index (χ4n) is 0.287. The molecule has 0 saturated heterocycles. The maximum absolute atomic E-state index is 9.59. The highest BCUT2D eigenvalue weighted by molar-refractivity contribution is 5.65. The summed E-state index contributed by atoms with van der Waals surface area (Å²) in [7, 11) is 1.35. The Bertz CT molecular complexity index is 99.5. The molecule has 0 aliphatic carbocycles. The van der Waals surface area contributed by atoms with E-state index in [4.69, 9.17) is 0 Å². The number of esters is 1. The van der Waals surface area contributed by atoms with E-state index < -0.39 is 0 Å². The van der Waals surface area contributed by atoms with Gasteiger partial charge >= 0.3 is 5.97 Å². The zero-order valence-corrected chi connectivity index (χ0v) is 7.42. The Hall–Kier alpha value is -0.860. The highest BCUT2D eigenvalue weighted by atomic mass is 16.5. The lowest BCUT2D eigenvalue weighted by molar-refractivity contribution is -0.137. The molecule has 0 aromatic heterocycles. The Labute approximate surface area is 67.7 Å². The van der Waals surface area contributed by atoms with E-state index in [1.807, 2.05) is 0 Å². The van der Waals surface area contributed by atoms with E-state index in [0.29, 0.717) is 0 Å². The molecule has 0 saturated carbocycles. The lowest BCUT2D eigenvalue weighted by Crippen LogP contribution is -1.88. The SMILES string of the molecule is CCCCC=O.COC(C)=O. The van der Waals surface area contributed by atoms with Gasteiger partial charge in [0.1, 0.15) is 6.29 Å². The first-order chi connectivity index (χ1) is 5.18. The molecule has 0 amide bonds. The molecule has 0 rings (SSSR count). The minimum absolute atomic E-state index is 0.245. The van der Waals surface area contributed by atoms with Gasteiger partial charge in [-0.1, -0.05) is 13.3 Å². The summed E-state index contributed by atoms with van der Waals surface area (Å²) in [6, 6.07) is 0. The summed E-state index contributed by atoms with van der Waals surface area (Å²) >= 11 is 0. The summed E-state index contributed by atoms with van der Waals surface area (Å²) in [5.41, 5.74) is 0. The van der Waals surface area contributed by atoms with Crippen LogP contribution in [0.3, 0.4) is 0 Å². The molecule has 66 valence electrons. The second-order valence-electron chi connectivity index (χ2n) is 2.00. The molecule has 0 radical (unpaired) electrons. The van der Waals surface area contributed by atoms with Gasteiger partial charge in [-0.05, 0) is 6.42 Å². The Morgan fingerprint density at radius 2 is 2.00 bits per heavy atom. The van der Waals surface area contributed by atoms with Crippen LogP contribution in [0, 0.1) is 0 Å². The number of unbranched alkanes of at least 4 members (excludes halogenated alkanes) is 2. The number of methoxy groups -OCH3 is 1. The number of carbonyl (C=O) groups excluding carboxylic acids is 2. The molecule has 0 heterocycles. The Morgan fingerprint density at radius 3 is 2.09 bits per heavy atom. The van der Waals surface area contributed by atoms with E-state index in [2.05, 4.69) is 11.7 Å². The van der Waals surface area contributed by atoms with Gasteiger partial charge < -0.3 is 9.53 Å². The van der Waals surface area contributed by atoms with Gasteiger partial charge in [0.05, 0.1) is 7.11 Å². The zero-order valence-electron chi connectivity index (χ0n) is 7.42. The van der Waals surface area contributed by atoms with E-state index in [1.165, 1.54) is 14.0 Å². The predicted octanol–water partition coefficient (Wildman–Crippen LogP) is 1.55. The number of hydrogen-bond acceptors (Lipinski definition) is 3. The van der Waals surface area contributed by atoms with E-state index in [1.54, 1.807) is 0 Å². The van der Waals surface area contributed by atoms with Gasteiger partial charge in [0.2, 0.25) is 0 Å². The van der Waals surface area contributed by atoms with Crippen LogP contribution in [0.5, 0.6) is 0 Å². The third kappa shape index (κ3) is 27.2. The van der Waals surface area contributed by atoms with Crippen molar-refractivity contribution in [2.24, 2.45) is 0 Å². The fourth-order valence-corrected chi connectivity index (χ4v) is 0.287. The van der Waals surface area contributed by atoms with Crippen molar-refractivity contribution in [1.82, 2.24) is 0 Å². The molecule has 0 fully saturated rings. The van der Waals surface area contributed by atoms with Gasteiger partial charge in [-0.2, -0.15) is 0 Å². The molecule has 0 aliphatic rings. The highest BCUT2D eigenvalue weighted by Gasteiger charge is 1.75. The van der Waals surface area contributed by atoms with Crippen molar-refractivity contribution in [1.29, 1.82) is 0 Å². The largest absolute Gasteiger partial charge is 0.469 e. The molecule has 0 aliphatic heterocycles. The average Bonchev–Trinajstić information content (AvgIpc) is 2.02. The van der Waals surface area contributed by atoms with Crippen molar-refractivity contribution in [2.45, 2.75) is 33.1 Å². The first-order valence-electron chi connectivity index (χ1n) is 3.67. The Balaban J connectivity index is 0. The van der Waals surface area contributed by atoms with Crippen LogP contribution in [0.4, 0.5) is 0 Å². The number of hydrogen-bond donors (Lipinski definition) is 0. The molecule has 11 heavy (non-hydrogen) atoms. The number of aldehydes is 1. The van der Waals surface area contributed by atoms with Gasteiger partial charge in [0, 0.05) is 13.3 Å². The van der Waals surface area contributed by atoms with Crippen LogP contribution in [-0.4, -0.2) is 19.4 Å². The molecule has 0 aromatic rings. The Morgan fingerprint density at radius 1 is 1.55 bits per heavy atom. The highest BCUT2D eigenvalue weighted by Crippen LogP contribution is 1.87. The maximum Gasteiger partial charge on any atom is 0.302 e. The van der Waals surface area contributed by atoms with Crippen LogP contribution in [-0.2, 0) is 14.3 Å². The summed E-state index contributed by atoms with van der Waals surface area (Å²) in [4.78, 5) is 19.2. The molecule has 0 unspecified atom stereocenters. The monoisotopic (exact) mass is 160 g/mol. The van der Waals surface area contributed by atoms with Gasteiger partial charge in [0.15, 0.2) is 0 Å². The second kappa shape index (κ2) is 11.9. The topological polar surface area (TPSA) is 43.4 Å². The van der Waals surface area contributed by atoms with Gasteiger partial charge in [-0.15, -0.1) is 0 Å². The Kier molecular flexibility index (Phi) is 13.8. The van der Waals surface area contributed by atoms with Crippen molar-refractivity contribution >= 4 is 12.3 Å². The molecule has 0 spiro atoms. The predicted molar refractivity (Wildman–Crippen MR) is 43.3 cm³/mol. The third-order valence-electron chi connectivity index (χ3n) is 0.963. The minimum atomic E-state index is -0.245. The summed E-state index contributed by atoms with van der Waals surface area (Å²) in [6.45, 7) is 3.43. The van der Waals surface area contributed by atoms with Crippen LogP contribution in [0.25, 0.3) is 0 Å². The van der Waals surface area contributed by atoms with Crippen LogP contribution < -0.4 is 0 Å². The molecule has 0 N–H and O–H groups in total. The van der Waals surface area contributed by atoms with Crippen molar-refractivity contribution < 1.29 is 14.3 Å². The maximum atomic E-state index is 9.59. The third-order valence-corrected chi connectivity index (χ3v) is 0.963. The second-order valence-corrected chi connectivity index (χ2v) is 2.00. The molecular formula is C8H16O3. The summed E-state index contributed by atoms with van der Waals surface area (Å²) in [5.74, 6) is -0.245. The van der Waals surface area contributed by atoms with Gasteiger partial charge in [-0.3, -0.25) is 4.79 Å². The van der Waals surface area contributed by atoms with E-state index in [0.717, 1.165) is 25.5 Å². The van der Waals surface area contributed by atoms with Crippen LogP contribution in [0.15, 0.2) is 0 Å². The standard InChI is InChI=1S/C5H10O.C3H6O2/c1-2-3-4-5-6;1-3(4)5-2/h5H,2-4H2,1H3;1-2H3. The van der Waals surface area contributed by atoms with Gasteiger partial charge in [-0.25, -0.2) is 0 Å². The average molecular weight is 160 g/mol. The quantitative estimate of drug-likeness (QED) is 0.357. The summed E-state index contributed by atoms with van der Waals surface area (Å²) in [5, 5.41) is 0. The molecule has 3 nitrogen and oxygen atoms in total. The molecular weight excluding hydrogens is 144 g/mol. The zero-order chi connectivity index (χ0) is 9.11.